The van der Waals surface area contributed by atoms with Crippen LogP contribution in [0.5, 0.6) is 0 Å². The lowest BCUT2D eigenvalue weighted by Gasteiger charge is -2.19. The van der Waals surface area contributed by atoms with Crippen LogP contribution in [0.4, 0.5) is 10.1 Å². The van der Waals surface area contributed by atoms with E-state index in [-0.39, 0.29) is 11.7 Å². The first-order valence-corrected chi connectivity index (χ1v) is 8.93. The first kappa shape index (κ1) is 17.2. The number of halogens is 1. The second kappa shape index (κ2) is 7.57. The number of benzene rings is 2. The zero-order chi connectivity index (χ0) is 18.6. The summed E-state index contributed by atoms with van der Waals surface area (Å²) in [5.41, 5.74) is 2.05. The molecule has 0 saturated carbocycles. The predicted molar refractivity (Wildman–Crippen MR) is 100 cm³/mol. The van der Waals surface area contributed by atoms with Crippen LogP contribution in [-0.2, 0) is 0 Å². The van der Waals surface area contributed by atoms with Gasteiger partial charge in [0.15, 0.2) is 0 Å². The Balaban J connectivity index is 1.35. The molecule has 1 saturated heterocycles. The summed E-state index contributed by atoms with van der Waals surface area (Å²) in [5, 5.41) is 10.6. The fraction of sp³-hybridized carbons (Fsp3) is 0.250. The third-order valence-corrected chi connectivity index (χ3v) is 4.86. The van der Waals surface area contributed by atoms with Crippen molar-refractivity contribution < 1.29 is 9.18 Å². The molecule has 2 heterocycles. The van der Waals surface area contributed by atoms with Gasteiger partial charge in [-0.2, -0.15) is 0 Å². The number of anilines is 1. The van der Waals surface area contributed by atoms with E-state index < -0.39 is 0 Å². The molecule has 1 aliphatic rings. The van der Waals surface area contributed by atoms with Gasteiger partial charge in [-0.3, -0.25) is 9.36 Å². The topological polar surface area (TPSA) is 63.1 Å². The highest BCUT2D eigenvalue weighted by Gasteiger charge is 2.24. The van der Waals surface area contributed by atoms with Crippen molar-refractivity contribution in [3.8, 4) is 5.69 Å². The Morgan fingerprint density at radius 2 is 1.96 bits per heavy atom. The second-order valence-electron chi connectivity index (χ2n) is 6.68. The highest BCUT2D eigenvalue weighted by Crippen LogP contribution is 2.25. The molecule has 1 fully saturated rings. The second-order valence-corrected chi connectivity index (χ2v) is 6.68. The molecule has 1 aromatic heterocycles. The van der Waals surface area contributed by atoms with Gasteiger partial charge in [-0.05, 0) is 42.7 Å². The van der Waals surface area contributed by atoms with Gasteiger partial charge >= 0.3 is 0 Å². The number of para-hydroxylation sites is 1. The molecule has 1 amide bonds. The molecule has 1 N–H and O–H groups in total. The third kappa shape index (κ3) is 3.81. The van der Waals surface area contributed by atoms with Crippen molar-refractivity contribution in [1.82, 2.24) is 20.1 Å². The molecule has 0 bridgehead atoms. The van der Waals surface area contributed by atoms with E-state index in [2.05, 4.69) is 15.5 Å². The molecule has 0 aliphatic carbocycles. The Hall–Kier alpha value is -3.22. The molecule has 6 nitrogen and oxygen atoms in total. The minimum Gasteiger partial charge on any atom is -0.369 e. The van der Waals surface area contributed by atoms with Crippen LogP contribution in [0.15, 0.2) is 61.2 Å². The molecule has 7 heteroatoms. The normalized spacial score (nSPS) is 16.5. The number of carbonyl (C=O) groups is 1. The lowest BCUT2D eigenvalue weighted by molar-refractivity contribution is 0.0948. The first-order chi connectivity index (χ1) is 13.2. The molecule has 4 rings (SSSR count). The van der Waals surface area contributed by atoms with Crippen molar-refractivity contribution in [1.29, 1.82) is 0 Å². The van der Waals surface area contributed by atoms with E-state index in [0.29, 0.717) is 23.7 Å². The number of rotatable bonds is 5. The number of amides is 1. The molecular formula is C20H20FN5O. The van der Waals surface area contributed by atoms with Crippen LogP contribution < -0.4 is 10.2 Å². The summed E-state index contributed by atoms with van der Waals surface area (Å²) in [7, 11) is 0. The number of hydrogen-bond acceptors (Lipinski definition) is 4. The summed E-state index contributed by atoms with van der Waals surface area (Å²) < 4.78 is 15.7. The van der Waals surface area contributed by atoms with Crippen LogP contribution in [0, 0.1) is 11.7 Å². The van der Waals surface area contributed by atoms with E-state index >= 15 is 0 Å². The fourth-order valence-electron chi connectivity index (χ4n) is 3.41. The lowest BCUT2D eigenvalue weighted by atomic mass is 10.1. The number of carbonyl (C=O) groups excluding carboxylic acids is 1. The molecule has 1 atom stereocenters. The minimum atomic E-state index is -0.201. The van der Waals surface area contributed by atoms with Gasteiger partial charge in [-0.25, -0.2) is 4.39 Å². The van der Waals surface area contributed by atoms with Crippen LogP contribution in [0.25, 0.3) is 5.69 Å². The Kier molecular flexibility index (Phi) is 4.82. The van der Waals surface area contributed by atoms with E-state index in [1.807, 2.05) is 23.1 Å². The molecular weight excluding hydrogens is 345 g/mol. The van der Waals surface area contributed by atoms with Crippen LogP contribution in [-0.4, -0.2) is 40.3 Å². The summed E-state index contributed by atoms with van der Waals surface area (Å²) in [6.07, 6.45) is 4.11. The molecule has 0 unspecified atom stereocenters. The minimum absolute atomic E-state index is 0.116. The van der Waals surface area contributed by atoms with Gasteiger partial charge in [0.25, 0.3) is 5.91 Å². The maximum Gasteiger partial charge on any atom is 0.251 e. The predicted octanol–water partition coefficient (Wildman–Crippen LogP) is 2.66. The Bertz CT molecular complexity index is 928. The summed E-state index contributed by atoms with van der Waals surface area (Å²) in [6.45, 7) is 2.10. The van der Waals surface area contributed by atoms with Crippen molar-refractivity contribution in [2.75, 3.05) is 24.5 Å². The van der Waals surface area contributed by atoms with Crippen molar-refractivity contribution in [3.05, 3.63) is 72.6 Å². The van der Waals surface area contributed by atoms with Crippen molar-refractivity contribution in [2.45, 2.75) is 6.42 Å². The highest BCUT2D eigenvalue weighted by atomic mass is 19.1. The highest BCUT2D eigenvalue weighted by molar-refractivity contribution is 5.94. The van der Waals surface area contributed by atoms with Crippen LogP contribution in [0.3, 0.4) is 0 Å². The molecule has 27 heavy (non-hydrogen) atoms. The molecule has 0 radical (unpaired) electrons. The van der Waals surface area contributed by atoms with E-state index in [0.717, 1.165) is 25.2 Å². The van der Waals surface area contributed by atoms with Crippen LogP contribution in [0.1, 0.15) is 16.8 Å². The molecule has 3 aromatic rings. The largest absolute Gasteiger partial charge is 0.369 e. The standard InChI is InChI=1S/C20H20FN5O/c21-18-6-1-2-7-19(18)25-9-8-15(12-25)11-22-20(27)16-4-3-5-17(10-16)26-13-23-24-14-26/h1-7,10,13-15H,8-9,11-12H2,(H,22,27)/t15-/m0/s1. The number of nitrogens with zero attached hydrogens (tertiary/aromatic N) is 4. The van der Waals surface area contributed by atoms with E-state index in [1.165, 1.54) is 6.07 Å². The van der Waals surface area contributed by atoms with Crippen LogP contribution >= 0.6 is 0 Å². The van der Waals surface area contributed by atoms with E-state index in [9.17, 15) is 9.18 Å². The zero-order valence-corrected chi connectivity index (χ0v) is 14.8. The monoisotopic (exact) mass is 365 g/mol. The third-order valence-electron chi connectivity index (χ3n) is 4.86. The van der Waals surface area contributed by atoms with E-state index in [1.54, 1.807) is 41.5 Å². The summed E-state index contributed by atoms with van der Waals surface area (Å²) in [6, 6.07) is 14.1. The zero-order valence-electron chi connectivity index (χ0n) is 14.8. The Morgan fingerprint density at radius 3 is 2.78 bits per heavy atom. The molecule has 0 spiro atoms. The molecule has 2 aromatic carbocycles. The average molecular weight is 365 g/mol. The van der Waals surface area contributed by atoms with E-state index in [4.69, 9.17) is 0 Å². The summed E-state index contributed by atoms with van der Waals surface area (Å²) in [4.78, 5) is 14.5. The first-order valence-electron chi connectivity index (χ1n) is 8.93. The van der Waals surface area contributed by atoms with Crippen molar-refractivity contribution in [2.24, 2.45) is 5.92 Å². The number of nitrogens with one attached hydrogen (secondary N) is 1. The lowest BCUT2D eigenvalue weighted by Crippen LogP contribution is -2.31. The van der Waals surface area contributed by atoms with Gasteiger partial charge in [0.05, 0.1) is 5.69 Å². The summed E-state index contributed by atoms with van der Waals surface area (Å²) in [5.74, 6) is -0.0168. The van der Waals surface area contributed by atoms with Gasteiger partial charge in [0.1, 0.15) is 18.5 Å². The van der Waals surface area contributed by atoms with Gasteiger partial charge in [0, 0.05) is 30.9 Å². The Morgan fingerprint density at radius 1 is 1.15 bits per heavy atom. The van der Waals surface area contributed by atoms with Gasteiger partial charge in [-0.1, -0.05) is 18.2 Å². The quantitative estimate of drug-likeness (QED) is 0.755. The maximum atomic E-state index is 13.9. The van der Waals surface area contributed by atoms with Crippen LogP contribution in [0.2, 0.25) is 0 Å². The average Bonchev–Trinajstić information content (AvgIpc) is 3.39. The molecule has 138 valence electrons. The number of hydrogen-bond donors (Lipinski definition) is 1. The number of aromatic nitrogens is 3. The van der Waals surface area contributed by atoms with Crippen molar-refractivity contribution in [3.63, 3.8) is 0 Å². The summed E-state index contributed by atoms with van der Waals surface area (Å²) >= 11 is 0. The van der Waals surface area contributed by atoms with Gasteiger partial charge in [-0.15, -0.1) is 10.2 Å². The Labute approximate surface area is 156 Å². The van der Waals surface area contributed by atoms with Gasteiger partial charge in [0.2, 0.25) is 0 Å². The smallest absolute Gasteiger partial charge is 0.251 e. The SMILES string of the molecule is O=C(NC[C@@H]1CCN(c2ccccc2F)C1)c1cccc(-n2cnnc2)c1. The molecule has 1 aliphatic heterocycles. The van der Waals surface area contributed by atoms with Gasteiger partial charge < -0.3 is 10.2 Å². The fourth-order valence-corrected chi connectivity index (χ4v) is 3.41. The van der Waals surface area contributed by atoms with Crippen molar-refractivity contribution >= 4 is 11.6 Å². The maximum absolute atomic E-state index is 13.9.